The summed E-state index contributed by atoms with van der Waals surface area (Å²) in [7, 11) is 0. The minimum Gasteiger partial charge on any atom is -0.476 e. The highest BCUT2D eigenvalue weighted by Gasteiger charge is 2.27. The highest BCUT2D eigenvalue weighted by atomic mass is 19.4. The van der Waals surface area contributed by atoms with Crippen LogP contribution in [0.5, 0.6) is 5.88 Å². The van der Waals surface area contributed by atoms with Crippen molar-refractivity contribution < 1.29 is 17.9 Å². The molecule has 15 heavy (non-hydrogen) atoms. The van der Waals surface area contributed by atoms with Crippen molar-refractivity contribution in [3.63, 3.8) is 0 Å². The van der Waals surface area contributed by atoms with Gasteiger partial charge in [-0.15, -0.1) is 0 Å². The van der Waals surface area contributed by atoms with Crippen LogP contribution in [0.1, 0.15) is 12.0 Å². The SMILES string of the molecule is Cc1ccnc(OCCC(F)(F)F)c1N. The molecule has 0 aliphatic rings. The molecule has 2 N–H and O–H groups in total. The monoisotopic (exact) mass is 220 g/mol. The van der Waals surface area contributed by atoms with E-state index in [1.807, 2.05) is 0 Å². The normalized spacial score (nSPS) is 11.5. The fraction of sp³-hybridized carbons (Fsp3) is 0.444. The van der Waals surface area contributed by atoms with Crippen LogP contribution in [0.15, 0.2) is 12.3 Å². The van der Waals surface area contributed by atoms with E-state index in [1.165, 1.54) is 6.20 Å². The summed E-state index contributed by atoms with van der Waals surface area (Å²) >= 11 is 0. The van der Waals surface area contributed by atoms with Gasteiger partial charge in [-0.05, 0) is 18.6 Å². The Balaban J connectivity index is 2.55. The second-order valence-electron chi connectivity index (χ2n) is 3.06. The molecule has 1 aromatic heterocycles. The zero-order valence-corrected chi connectivity index (χ0v) is 8.14. The highest BCUT2D eigenvalue weighted by molar-refractivity contribution is 5.53. The van der Waals surface area contributed by atoms with E-state index in [2.05, 4.69) is 4.98 Å². The summed E-state index contributed by atoms with van der Waals surface area (Å²) in [4.78, 5) is 3.74. The molecule has 0 fully saturated rings. The van der Waals surface area contributed by atoms with Crippen LogP contribution in [0.3, 0.4) is 0 Å². The van der Waals surface area contributed by atoms with Crippen molar-refractivity contribution in [2.45, 2.75) is 19.5 Å². The lowest BCUT2D eigenvalue weighted by Crippen LogP contribution is -2.14. The van der Waals surface area contributed by atoms with E-state index in [-0.39, 0.29) is 11.6 Å². The molecule has 0 aromatic carbocycles. The number of nitrogens with two attached hydrogens (primary N) is 1. The summed E-state index contributed by atoms with van der Waals surface area (Å²) < 4.78 is 40.3. The molecule has 1 rings (SSSR count). The van der Waals surface area contributed by atoms with Gasteiger partial charge in [-0.25, -0.2) is 4.98 Å². The fourth-order valence-electron chi connectivity index (χ4n) is 0.923. The second-order valence-corrected chi connectivity index (χ2v) is 3.06. The molecule has 1 aromatic rings. The summed E-state index contributed by atoms with van der Waals surface area (Å²) in [6, 6.07) is 1.66. The number of nitrogens with zero attached hydrogens (tertiary/aromatic N) is 1. The van der Waals surface area contributed by atoms with Gasteiger partial charge in [0.1, 0.15) is 0 Å². The number of nitrogen functional groups attached to an aromatic ring is 1. The van der Waals surface area contributed by atoms with E-state index < -0.39 is 19.2 Å². The van der Waals surface area contributed by atoms with Crippen molar-refractivity contribution in [1.29, 1.82) is 0 Å². The molecule has 0 radical (unpaired) electrons. The summed E-state index contributed by atoms with van der Waals surface area (Å²) in [6.45, 7) is 1.26. The maximum absolute atomic E-state index is 11.8. The smallest absolute Gasteiger partial charge is 0.392 e. The van der Waals surface area contributed by atoms with Gasteiger partial charge < -0.3 is 10.5 Å². The molecule has 0 saturated heterocycles. The van der Waals surface area contributed by atoms with Crippen molar-refractivity contribution in [2.75, 3.05) is 12.3 Å². The van der Waals surface area contributed by atoms with Crippen LogP contribution < -0.4 is 10.5 Å². The molecule has 0 unspecified atom stereocenters. The zero-order chi connectivity index (χ0) is 11.5. The van der Waals surface area contributed by atoms with Gasteiger partial charge in [0.2, 0.25) is 5.88 Å². The summed E-state index contributed by atoms with van der Waals surface area (Å²) in [6.07, 6.45) is -3.80. The number of halogens is 3. The van der Waals surface area contributed by atoms with Crippen LogP contribution in [-0.2, 0) is 0 Å². The third-order valence-electron chi connectivity index (χ3n) is 1.80. The zero-order valence-electron chi connectivity index (χ0n) is 8.14. The maximum atomic E-state index is 11.8. The first-order valence-corrected chi connectivity index (χ1v) is 4.31. The maximum Gasteiger partial charge on any atom is 0.392 e. The Bertz CT molecular complexity index is 339. The predicted octanol–water partition coefficient (Wildman–Crippen LogP) is 2.30. The fourth-order valence-corrected chi connectivity index (χ4v) is 0.923. The Morgan fingerprint density at radius 1 is 1.47 bits per heavy atom. The molecule has 0 atom stereocenters. The number of rotatable bonds is 3. The topological polar surface area (TPSA) is 48.1 Å². The molecule has 0 aliphatic heterocycles. The average molecular weight is 220 g/mol. The lowest BCUT2D eigenvalue weighted by molar-refractivity contribution is -0.139. The summed E-state index contributed by atoms with van der Waals surface area (Å²) in [5, 5.41) is 0. The predicted molar refractivity (Wildman–Crippen MR) is 49.6 cm³/mol. The molecule has 0 saturated carbocycles. The van der Waals surface area contributed by atoms with Crippen molar-refractivity contribution >= 4 is 5.69 Å². The van der Waals surface area contributed by atoms with Gasteiger partial charge in [-0.2, -0.15) is 13.2 Å². The molecule has 0 aliphatic carbocycles. The first-order chi connectivity index (χ1) is 6.90. The lowest BCUT2D eigenvalue weighted by Gasteiger charge is -2.10. The molecule has 0 bridgehead atoms. The average Bonchev–Trinajstić information content (AvgIpc) is 2.10. The van der Waals surface area contributed by atoms with E-state index in [0.29, 0.717) is 0 Å². The van der Waals surface area contributed by atoms with Crippen LogP contribution in [-0.4, -0.2) is 17.8 Å². The number of ether oxygens (including phenoxy) is 1. The van der Waals surface area contributed by atoms with Crippen molar-refractivity contribution in [2.24, 2.45) is 0 Å². The number of pyridine rings is 1. The Kier molecular flexibility index (Phi) is 3.39. The quantitative estimate of drug-likeness (QED) is 0.850. The van der Waals surface area contributed by atoms with Crippen LogP contribution in [0, 0.1) is 6.92 Å². The first-order valence-electron chi connectivity index (χ1n) is 4.31. The molecule has 84 valence electrons. The number of hydrogen-bond acceptors (Lipinski definition) is 3. The van der Waals surface area contributed by atoms with Crippen molar-refractivity contribution in [3.8, 4) is 5.88 Å². The Morgan fingerprint density at radius 3 is 2.73 bits per heavy atom. The van der Waals surface area contributed by atoms with Gasteiger partial charge in [0.15, 0.2) is 0 Å². The van der Waals surface area contributed by atoms with Crippen LogP contribution >= 0.6 is 0 Å². The van der Waals surface area contributed by atoms with Gasteiger partial charge in [0.25, 0.3) is 0 Å². The Hall–Kier alpha value is -1.46. The molecule has 0 amide bonds. The molecule has 3 nitrogen and oxygen atoms in total. The molecule has 0 spiro atoms. The number of alkyl halides is 3. The van der Waals surface area contributed by atoms with Gasteiger partial charge in [-0.3, -0.25) is 0 Å². The third kappa shape index (κ3) is 3.65. The standard InChI is InChI=1S/C9H11F3N2O/c1-6-2-4-14-8(7(6)13)15-5-3-9(10,11)12/h2,4H,3,5,13H2,1H3. The Morgan fingerprint density at radius 2 is 2.13 bits per heavy atom. The van der Waals surface area contributed by atoms with E-state index in [0.717, 1.165) is 5.56 Å². The molecule has 1 heterocycles. The van der Waals surface area contributed by atoms with E-state index in [1.54, 1.807) is 13.0 Å². The lowest BCUT2D eigenvalue weighted by atomic mass is 10.2. The van der Waals surface area contributed by atoms with E-state index >= 15 is 0 Å². The summed E-state index contributed by atoms with van der Waals surface area (Å²) in [5.41, 5.74) is 6.57. The second kappa shape index (κ2) is 4.37. The Labute approximate surface area is 85.1 Å². The number of aromatic nitrogens is 1. The summed E-state index contributed by atoms with van der Waals surface area (Å²) in [5.74, 6) is 0.0549. The van der Waals surface area contributed by atoms with E-state index in [9.17, 15) is 13.2 Å². The molecule has 6 heteroatoms. The largest absolute Gasteiger partial charge is 0.476 e. The van der Waals surface area contributed by atoms with Crippen molar-refractivity contribution in [1.82, 2.24) is 4.98 Å². The van der Waals surface area contributed by atoms with Gasteiger partial charge in [0.05, 0.1) is 18.7 Å². The third-order valence-corrected chi connectivity index (χ3v) is 1.80. The molecular weight excluding hydrogens is 209 g/mol. The highest BCUT2D eigenvalue weighted by Crippen LogP contribution is 2.23. The number of anilines is 1. The van der Waals surface area contributed by atoms with Gasteiger partial charge in [-0.1, -0.05) is 0 Å². The van der Waals surface area contributed by atoms with Crippen molar-refractivity contribution in [3.05, 3.63) is 17.8 Å². The molecular formula is C9H11F3N2O. The first kappa shape index (κ1) is 11.6. The minimum absolute atomic E-state index is 0.0549. The minimum atomic E-state index is -4.22. The van der Waals surface area contributed by atoms with Gasteiger partial charge in [0, 0.05) is 6.20 Å². The number of hydrogen-bond donors (Lipinski definition) is 1. The van der Waals surface area contributed by atoms with Crippen LogP contribution in [0.2, 0.25) is 0 Å². The van der Waals surface area contributed by atoms with Crippen LogP contribution in [0.25, 0.3) is 0 Å². The van der Waals surface area contributed by atoms with E-state index in [4.69, 9.17) is 10.5 Å². The van der Waals surface area contributed by atoms with Gasteiger partial charge >= 0.3 is 6.18 Å². The number of aryl methyl sites for hydroxylation is 1. The van der Waals surface area contributed by atoms with Crippen LogP contribution in [0.4, 0.5) is 18.9 Å².